The Balaban J connectivity index is 3.32. The topological polar surface area (TPSA) is 63.7 Å². The first kappa shape index (κ1) is 18.7. The second kappa shape index (κ2) is 7.78. The Labute approximate surface area is 142 Å². The summed E-state index contributed by atoms with van der Waals surface area (Å²) >= 11 is 15.2. The van der Waals surface area contributed by atoms with Crippen molar-refractivity contribution < 1.29 is 17.9 Å². The van der Waals surface area contributed by atoms with Gasteiger partial charge in [-0.2, -0.15) is 4.31 Å². The van der Waals surface area contributed by atoms with Crippen LogP contribution in [0.2, 0.25) is 10.0 Å². The number of esters is 1. The van der Waals surface area contributed by atoms with Crippen LogP contribution in [0, 0.1) is 0 Å². The number of nitrogens with zero attached hydrogens (tertiary/aromatic N) is 1. The molecule has 0 atom stereocenters. The monoisotopic (exact) mass is 417 g/mol. The number of benzene rings is 1. The summed E-state index contributed by atoms with van der Waals surface area (Å²) in [4.78, 5) is 11.2. The van der Waals surface area contributed by atoms with E-state index in [1.54, 1.807) is 6.92 Å². The van der Waals surface area contributed by atoms with Crippen LogP contribution in [0.3, 0.4) is 0 Å². The van der Waals surface area contributed by atoms with Gasteiger partial charge in [0.15, 0.2) is 0 Å². The first-order chi connectivity index (χ1) is 9.73. The van der Waals surface area contributed by atoms with E-state index in [0.717, 1.165) is 4.31 Å². The van der Waals surface area contributed by atoms with Crippen molar-refractivity contribution in [3.8, 4) is 0 Å². The van der Waals surface area contributed by atoms with Crippen molar-refractivity contribution in [2.45, 2.75) is 18.2 Å². The molecule has 1 rings (SSSR count). The second-order valence-corrected chi connectivity index (χ2v) is 7.72. The van der Waals surface area contributed by atoms with Gasteiger partial charge in [0.05, 0.1) is 17.2 Å². The largest absolute Gasteiger partial charge is 0.468 e. The predicted octanol–water partition coefficient (Wildman–Crippen LogP) is 3.33. The second-order valence-electron chi connectivity index (χ2n) is 4.11. The highest BCUT2D eigenvalue weighted by atomic mass is 79.9. The van der Waals surface area contributed by atoms with Crippen LogP contribution in [0.15, 0.2) is 21.5 Å². The van der Waals surface area contributed by atoms with Crippen molar-refractivity contribution in [1.82, 2.24) is 4.31 Å². The molecule has 0 aliphatic heterocycles. The summed E-state index contributed by atoms with van der Waals surface area (Å²) in [5, 5.41) is -0.0271. The zero-order valence-corrected chi connectivity index (χ0v) is 15.3. The molecule has 118 valence electrons. The Hall–Kier alpha value is -0.340. The Kier molecular flexibility index (Phi) is 6.93. The zero-order valence-electron chi connectivity index (χ0n) is 11.4. The Morgan fingerprint density at radius 1 is 1.33 bits per heavy atom. The molecule has 0 amide bonds. The van der Waals surface area contributed by atoms with Gasteiger partial charge in [0.25, 0.3) is 0 Å². The Morgan fingerprint density at radius 2 is 1.86 bits per heavy atom. The zero-order chi connectivity index (χ0) is 16.2. The van der Waals surface area contributed by atoms with Crippen molar-refractivity contribution in [2.75, 3.05) is 20.2 Å². The van der Waals surface area contributed by atoms with Crippen molar-refractivity contribution in [3.63, 3.8) is 0 Å². The molecule has 0 spiro atoms. The maximum absolute atomic E-state index is 12.7. The molecule has 0 aliphatic rings. The molecule has 0 aromatic heterocycles. The molecule has 0 fully saturated rings. The molecule has 0 heterocycles. The minimum atomic E-state index is -4.00. The lowest BCUT2D eigenvalue weighted by molar-refractivity contribution is -0.140. The number of hydrogen-bond donors (Lipinski definition) is 0. The van der Waals surface area contributed by atoms with Gasteiger partial charge in [-0.15, -0.1) is 0 Å². The fourth-order valence-corrected chi connectivity index (χ4v) is 5.01. The van der Waals surface area contributed by atoms with Gasteiger partial charge in [0.1, 0.15) is 11.4 Å². The van der Waals surface area contributed by atoms with Crippen LogP contribution in [0.1, 0.15) is 13.3 Å². The van der Waals surface area contributed by atoms with Crippen LogP contribution in [-0.4, -0.2) is 38.9 Å². The number of carbonyl (C=O) groups excluding carboxylic acids is 1. The molecule has 0 unspecified atom stereocenters. The van der Waals surface area contributed by atoms with E-state index in [0.29, 0.717) is 10.9 Å². The van der Waals surface area contributed by atoms with Crippen molar-refractivity contribution in [1.29, 1.82) is 0 Å². The van der Waals surface area contributed by atoms with E-state index in [4.69, 9.17) is 23.2 Å². The third kappa shape index (κ3) is 4.56. The molecule has 5 nitrogen and oxygen atoms in total. The fraction of sp³-hybridized carbons (Fsp3) is 0.417. The summed E-state index contributed by atoms with van der Waals surface area (Å²) in [5.41, 5.74) is 0. The number of halogens is 3. The molecule has 0 saturated heterocycles. The molecule has 21 heavy (non-hydrogen) atoms. The molecule has 0 bridgehead atoms. The van der Waals surface area contributed by atoms with Crippen LogP contribution in [0.5, 0.6) is 0 Å². The van der Waals surface area contributed by atoms with Crippen LogP contribution in [-0.2, 0) is 19.6 Å². The van der Waals surface area contributed by atoms with E-state index < -0.39 is 22.5 Å². The predicted molar refractivity (Wildman–Crippen MR) is 85.2 cm³/mol. The summed E-state index contributed by atoms with van der Waals surface area (Å²) in [6.45, 7) is 1.56. The highest BCUT2D eigenvalue weighted by Crippen LogP contribution is 2.34. The molecular weight excluding hydrogens is 405 g/mol. The number of carbonyl (C=O) groups is 1. The maximum Gasteiger partial charge on any atom is 0.321 e. The van der Waals surface area contributed by atoms with Crippen molar-refractivity contribution in [2.24, 2.45) is 0 Å². The average Bonchev–Trinajstić information content (AvgIpc) is 2.36. The number of methoxy groups -OCH3 is 1. The lowest BCUT2D eigenvalue weighted by Gasteiger charge is -2.21. The Bertz CT molecular complexity index is 613. The summed E-state index contributed by atoms with van der Waals surface area (Å²) in [6, 6.07) is 2.87. The number of rotatable bonds is 6. The van der Waals surface area contributed by atoms with Gasteiger partial charge >= 0.3 is 5.97 Å². The minimum Gasteiger partial charge on any atom is -0.468 e. The van der Waals surface area contributed by atoms with Crippen LogP contribution >= 0.6 is 39.1 Å². The van der Waals surface area contributed by atoms with Gasteiger partial charge in [-0.25, -0.2) is 8.42 Å². The lowest BCUT2D eigenvalue weighted by atomic mass is 10.4. The fourth-order valence-electron chi connectivity index (χ4n) is 1.65. The van der Waals surface area contributed by atoms with Crippen LogP contribution in [0.25, 0.3) is 0 Å². The van der Waals surface area contributed by atoms with Crippen molar-refractivity contribution in [3.05, 3.63) is 26.7 Å². The van der Waals surface area contributed by atoms with E-state index in [1.807, 2.05) is 0 Å². The van der Waals surface area contributed by atoms with Gasteiger partial charge in [-0.05, 0) is 18.6 Å². The molecule has 0 N–H and O–H groups in total. The summed E-state index contributed by atoms with van der Waals surface area (Å²) in [6.07, 6.45) is 0.530. The molecular formula is C12H14BrCl2NO4S. The van der Waals surface area contributed by atoms with Gasteiger partial charge in [-0.3, -0.25) is 4.79 Å². The van der Waals surface area contributed by atoms with E-state index in [1.165, 1.54) is 19.2 Å². The smallest absolute Gasteiger partial charge is 0.321 e. The highest BCUT2D eigenvalue weighted by molar-refractivity contribution is 9.10. The van der Waals surface area contributed by atoms with Crippen LogP contribution in [0.4, 0.5) is 0 Å². The lowest BCUT2D eigenvalue weighted by Crippen LogP contribution is -2.37. The minimum absolute atomic E-state index is 0.0136. The SMILES string of the molecule is CCCN(CC(=O)OC)S(=O)(=O)c1c(Cl)cc(Br)cc1Cl. The van der Waals surface area contributed by atoms with E-state index in [2.05, 4.69) is 20.7 Å². The average molecular weight is 419 g/mol. The maximum atomic E-state index is 12.7. The van der Waals surface area contributed by atoms with E-state index in [9.17, 15) is 13.2 Å². The Morgan fingerprint density at radius 3 is 2.29 bits per heavy atom. The first-order valence-electron chi connectivity index (χ1n) is 5.95. The van der Waals surface area contributed by atoms with Crippen LogP contribution < -0.4 is 0 Å². The van der Waals surface area contributed by atoms with E-state index >= 15 is 0 Å². The van der Waals surface area contributed by atoms with Crippen molar-refractivity contribution >= 4 is 55.1 Å². The van der Waals surface area contributed by atoms with Gasteiger partial charge in [0, 0.05) is 11.0 Å². The first-order valence-corrected chi connectivity index (χ1v) is 8.94. The molecule has 1 aromatic carbocycles. The standard InChI is InChI=1S/C12H14BrCl2NO4S/c1-3-4-16(7-11(17)20-2)21(18,19)12-9(14)5-8(13)6-10(12)15/h5-6H,3-4,7H2,1-2H3. The van der Waals surface area contributed by atoms with Gasteiger partial charge < -0.3 is 4.74 Å². The molecule has 0 aliphatic carbocycles. The quantitative estimate of drug-likeness (QED) is 0.664. The van der Waals surface area contributed by atoms with Gasteiger partial charge in [-0.1, -0.05) is 46.1 Å². The summed E-state index contributed by atoms with van der Waals surface area (Å²) < 4.78 is 31.4. The number of hydrogen-bond acceptors (Lipinski definition) is 4. The third-order valence-electron chi connectivity index (χ3n) is 2.57. The summed E-state index contributed by atoms with van der Waals surface area (Å²) in [5.74, 6) is -0.656. The highest BCUT2D eigenvalue weighted by Gasteiger charge is 2.30. The third-order valence-corrected chi connectivity index (χ3v) is 5.79. The van der Waals surface area contributed by atoms with Gasteiger partial charge in [0.2, 0.25) is 10.0 Å². The molecule has 0 saturated carbocycles. The molecule has 0 radical (unpaired) electrons. The van der Waals surface area contributed by atoms with E-state index in [-0.39, 0.29) is 21.5 Å². The number of ether oxygens (including phenoxy) is 1. The summed E-state index contributed by atoms with van der Waals surface area (Å²) in [7, 11) is -2.81. The number of sulfonamides is 1. The normalized spacial score (nSPS) is 11.7. The molecule has 1 aromatic rings. The molecule has 9 heteroatoms.